The molecule has 0 heterocycles. The third-order valence-corrected chi connectivity index (χ3v) is 7.61. The number of fused-ring (bicyclic) bond motifs is 3. The average molecular weight is 528 g/mol. The summed E-state index contributed by atoms with van der Waals surface area (Å²) in [5.41, 5.74) is 3.14. The van der Waals surface area contributed by atoms with E-state index in [1.165, 1.54) is 11.0 Å². The van der Waals surface area contributed by atoms with Crippen molar-refractivity contribution in [1.82, 2.24) is 4.90 Å². The lowest BCUT2D eigenvalue weighted by atomic mass is 9.58. The number of rotatable bonds is 6. The third kappa shape index (κ3) is 3.97. The number of amides is 1. The van der Waals surface area contributed by atoms with Crippen LogP contribution in [0, 0.1) is 17.8 Å². The number of phenols is 1. The molecule has 0 aromatic heterocycles. The van der Waals surface area contributed by atoms with Crippen molar-refractivity contribution in [2.75, 3.05) is 20.7 Å². The van der Waals surface area contributed by atoms with Gasteiger partial charge in [-0.2, -0.15) is 0 Å². The second-order valence-corrected chi connectivity index (χ2v) is 10.8. The molecular formula is C27H33N3O8. The third-order valence-electron chi connectivity index (χ3n) is 7.61. The SMILES string of the molecule is C/C(=N/OCC(C)C)c1ccc(O)c2c1C[C@@H]1C[C@H]3[C@H](N(C)C)C(O)=C(C(N)=O)C(=O)[C@@]3(O)C(O)=C1C2=O. The van der Waals surface area contributed by atoms with Crippen LogP contribution in [0.3, 0.4) is 0 Å². The van der Waals surface area contributed by atoms with Gasteiger partial charge in [-0.05, 0) is 63.4 Å². The van der Waals surface area contributed by atoms with Gasteiger partial charge in [0.05, 0.1) is 17.3 Å². The molecule has 0 unspecified atom stereocenters. The number of hydrogen-bond acceptors (Lipinski definition) is 10. The number of carbonyl (C=O) groups is 3. The van der Waals surface area contributed by atoms with Crippen LogP contribution in [0.25, 0.3) is 0 Å². The zero-order valence-corrected chi connectivity index (χ0v) is 22.0. The van der Waals surface area contributed by atoms with E-state index in [1.54, 1.807) is 27.1 Å². The average Bonchev–Trinajstić information content (AvgIpc) is 2.80. The Kier molecular flexibility index (Phi) is 6.87. The van der Waals surface area contributed by atoms with Gasteiger partial charge in [-0.15, -0.1) is 0 Å². The van der Waals surface area contributed by atoms with Crippen LogP contribution in [-0.2, 0) is 20.8 Å². The highest BCUT2D eigenvalue weighted by Gasteiger charge is 2.63. The zero-order valence-electron chi connectivity index (χ0n) is 22.0. The number of phenolic OH excluding ortho intramolecular Hbond substituents is 1. The number of hydrogen-bond donors (Lipinski definition) is 5. The second kappa shape index (κ2) is 9.55. The molecule has 3 aliphatic carbocycles. The van der Waals surface area contributed by atoms with Gasteiger partial charge in [0.15, 0.2) is 11.4 Å². The van der Waals surface area contributed by atoms with Crippen molar-refractivity contribution in [2.24, 2.45) is 28.6 Å². The van der Waals surface area contributed by atoms with Gasteiger partial charge in [0.25, 0.3) is 5.91 Å². The number of primary amides is 1. The number of likely N-dealkylation sites (N-methyl/N-ethyl adjacent to an activating group) is 1. The molecular weight excluding hydrogens is 494 g/mol. The first-order valence-electron chi connectivity index (χ1n) is 12.4. The molecule has 0 bridgehead atoms. The van der Waals surface area contributed by atoms with Crippen molar-refractivity contribution < 1.29 is 39.6 Å². The molecule has 0 saturated heterocycles. The molecule has 204 valence electrons. The molecule has 6 N–H and O–H groups in total. The highest BCUT2D eigenvalue weighted by Crippen LogP contribution is 2.52. The Balaban J connectivity index is 1.88. The molecule has 1 aromatic carbocycles. The highest BCUT2D eigenvalue weighted by molar-refractivity contribution is 6.25. The molecule has 11 nitrogen and oxygen atoms in total. The van der Waals surface area contributed by atoms with E-state index in [1.807, 2.05) is 13.8 Å². The van der Waals surface area contributed by atoms with Gasteiger partial charge in [-0.1, -0.05) is 19.0 Å². The molecule has 1 amide bonds. The lowest BCUT2D eigenvalue weighted by molar-refractivity contribution is -0.148. The predicted octanol–water partition coefficient (Wildman–Crippen LogP) is 1.52. The van der Waals surface area contributed by atoms with Crippen LogP contribution in [0.5, 0.6) is 5.75 Å². The minimum absolute atomic E-state index is 0.0148. The number of Topliss-reactive ketones (excluding diaryl/α,β-unsaturated/α-hetero) is 2. The summed E-state index contributed by atoms with van der Waals surface area (Å²) in [4.78, 5) is 46.1. The summed E-state index contributed by atoms with van der Waals surface area (Å²) in [5, 5.41) is 48.6. The van der Waals surface area contributed by atoms with E-state index in [0.29, 0.717) is 23.4 Å². The molecule has 3 aliphatic rings. The number of allylic oxidation sites excluding steroid dienone is 1. The number of aliphatic hydroxyl groups is 3. The Morgan fingerprint density at radius 1 is 1.24 bits per heavy atom. The van der Waals surface area contributed by atoms with Gasteiger partial charge < -0.3 is 31.0 Å². The topological polar surface area (TPSA) is 183 Å². The number of carbonyl (C=O) groups excluding carboxylic acids is 3. The molecule has 1 aromatic rings. The van der Waals surface area contributed by atoms with Crippen LogP contribution in [0.1, 0.15) is 48.7 Å². The van der Waals surface area contributed by atoms with Crippen molar-refractivity contribution in [3.63, 3.8) is 0 Å². The van der Waals surface area contributed by atoms with Crippen LogP contribution in [0.2, 0.25) is 0 Å². The van der Waals surface area contributed by atoms with Gasteiger partial charge in [-0.25, -0.2) is 0 Å². The number of nitrogens with zero attached hydrogens (tertiary/aromatic N) is 2. The summed E-state index contributed by atoms with van der Waals surface area (Å²) in [6.45, 7) is 6.07. The molecule has 38 heavy (non-hydrogen) atoms. The molecule has 11 heteroatoms. The summed E-state index contributed by atoms with van der Waals surface area (Å²) in [6, 6.07) is 1.93. The first-order valence-corrected chi connectivity index (χ1v) is 12.4. The monoisotopic (exact) mass is 527 g/mol. The van der Waals surface area contributed by atoms with E-state index in [4.69, 9.17) is 10.6 Å². The second-order valence-electron chi connectivity index (χ2n) is 10.8. The summed E-state index contributed by atoms with van der Waals surface area (Å²) < 4.78 is 0. The fourth-order valence-corrected chi connectivity index (χ4v) is 5.92. The number of ketones is 2. The number of aliphatic hydroxyl groups excluding tert-OH is 2. The molecule has 0 fully saturated rings. The van der Waals surface area contributed by atoms with Gasteiger partial charge >= 0.3 is 0 Å². The number of aromatic hydroxyl groups is 1. The number of benzene rings is 1. The zero-order chi connectivity index (χ0) is 28.3. The van der Waals surface area contributed by atoms with Crippen molar-refractivity contribution in [1.29, 1.82) is 0 Å². The van der Waals surface area contributed by atoms with E-state index in [9.17, 15) is 34.8 Å². The van der Waals surface area contributed by atoms with Crippen LogP contribution in [-0.4, -0.2) is 80.9 Å². The Labute approximate surface area is 219 Å². The largest absolute Gasteiger partial charge is 0.510 e. The molecule has 0 saturated carbocycles. The van der Waals surface area contributed by atoms with Gasteiger partial charge in [0.1, 0.15) is 29.4 Å². The first kappa shape index (κ1) is 27.3. The Bertz CT molecular complexity index is 1330. The summed E-state index contributed by atoms with van der Waals surface area (Å²) in [5.74, 6) is -6.60. The van der Waals surface area contributed by atoms with Crippen LogP contribution in [0.15, 0.2) is 40.0 Å². The molecule has 4 rings (SSSR count). The van der Waals surface area contributed by atoms with Crippen LogP contribution in [0.4, 0.5) is 0 Å². The highest BCUT2D eigenvalue weighted by atomic mass is 16.6. The van der Waals surface area contributed by atoms with E-state index in [2.05, 4.69) is 5.16 Å². The summed E-state index contributed by atoms with van der Waals surface area (Å²) in [6.07, 6.45) is 0.191. The normalized spacial score (nSPS) is 27.5. The van der Waals surface area contributed by atoms with Crippen LogP contribution >= 0.6 is 0 Å². The van der Waals surface area contributed by atoms with Crippen molar-refractivity contribution in [3.05, 3.63) is 51.5 Å². The lowest BCUT2D eigenvalue weighted by Crippen LogP contribution is -2.63. The Morgan fingerprint density at radius 3 is 2.47 bits per heavy atom. The molecule has 0 spiro atoms. The fourth-order valence-electron chi connectivity index (χ4n) is 5.92. The fraction of sp³-hybridized carbons (Fsp3) is 0.481. The van der Waals surface area contributed by atoms with E-state index in [-0.39, 0.29) is 35.6 Å². The number of nitrogens with two attached hydrogens (primary N) is 1. The summed E-state index contributed by atoms with van der Waals surface area (Å²) in [7, 11) is 3.17. The molecule has 0 aliphatic heterocycles. The Morgan fingerprint density at radius 2 is 1.89 bits per heavy atom. The minimum Gasteiger partial charge on any atom is -0.510 e. The predicted molar refractivity (Wildman–Crippen MR) is 137 cm³/mol. The van der Waals surface area contributed by atoms with E-state index >= 15 is 0 Å². The quantitative estimate of drug-likeness (QED) is 0.208. The lowest BCUT2D eigenvalue weighted by Gasteiger charge is -2.50. The maximum Gasteiger partial charge on any atom is 0.255 e. The number of oxime groups is 1. The van der Waals surface area contributed by atoms with Crippen molar-refractivity contribution >= 4 is 23.2 Å². The van der Waals surface area contributed by atoms with Crippen molar-refractivity contribution in [3.8, 4) is 5.75 Å². The van der Waals surface area contributed by atoms with E-state index < -0.39 is 58.0 Å². The Hall–Kier alpha value is -3.70. The van der Waals surface area contributed by atoms with Gasteiger partial charge in [0.2, 0.25) is 5.78 Å². The van der Waals surface area contributed by atoms with Gasteiger partial charge in [0, 0.05) is 17.1 Å². The summed E-state index contributed by atoms with van der Waals surface area (Å²) >= 11 is 0. The first-order chi connectivity index (χ1) is 17.7. The standard InChI is InChI=1S/C27H33N3O8/c1-11(2)10-38-29-12(3)14-6-7-17(31)19-15(14)8-13-9-16-21(30(4)5)23(33)20(26(28)36)25(35)27(16,37)24(34)18(13)22(19)32/h6-7,11,13,16,21,31,33-34,37H,8-10H2,1-5H3,(H2,28,36)/b29-12-/t13-,16+,21+,27+/m1/s1. The minimum atomic E-state index is -2.67. The maximum absolute atomic E-state index is 13.7. The van der Waals surface area contributed by atoms with Crippen molar-refractivity contribution in [2.45, 2.75) is 45.3 Å². The van der Waals surface area contributed by atoms with Gasteiger partial charge in [-0.3, -0.25) is 19.3 Å². The van der Waals surface area contributed by atoms with E-state index in [0.717, 1.165) is 0 Å². The maximum atomic E-state index is 13.7. The molecule has 4 atom stereocenters. The van der Waals surface area contributed by atoms with Crippen LogP contribution < -0.4 is 5.73 Å². The smallest absolute Gasteiger partial charge is 0.255 e. The molecule has 0 radical (unpaired) electrons.